The number of nitrogens with two attached hydrogens (primary N) is 1. The number of aliphatic hydroxyl groups excluding tert-OH is 1. The van der Waals surface area contributed by atoms with E-state index in [9.17, 15) is 37.8 Å². The first-order chi connectivity index (χ1) is 22.8. The second-order valence-corrected chi connectivity index (χ2v) is 12.1. The highest BCUT2D eigenvalue weighted by Crippen LogP contribution is 2.48. The van der Waals surface area contributed by atoms with Crippen LogP contribution in [0.5, 0.6) is 11.5 Å². The number of pyridine rings is 1. The highest BCUT2D eigenvalue weighted by Gasteiger charge is 2.60. The van der Waals surface area contributed by atoms with Gasteiger partial charge in [0.05, 0.1) is 30.0 Å². The summed E-state index contributed by atoms with van der Waals surface area (Å²) in [5.74, 6) is -4.60. The van der Waals surface area contributed by atoms with Crippen molar-refractivity contribution in [2.45, 2.75) is 37.9 Å². The number of benzene rings is 2. The Morgan fingerprint density at radius 2 is 1.92 bits per heavy atom. The van der Waals surface area contributed by atoms with Gasteiger partial charge in [0.2, 0.25) is 12.0 Å². The lowest BCUT2D eigenvalue weighted by molar-refractivity contribution is -0.385. The monoisotopic (exact) mass is 692 g/mol. The van der Waals surface area contributed by atoms with E-state index in [1.54, 1.807) is 19.1 Å². The lowest BCUT2D eigenvalue weighted by Gasteiger charge is -2.22. The average molecular weight is 693 g/mol. The van der Waals surface area contributed by atoms with Crippen LogP contribution in [0.4, 0.5) is 24.7 Å². The molecule has 0 bridgehead atoms. The van der Waals surface area contributed by atoms with Gasteiger partial charge in [-0.15, -0.1) is 0 Å². The topological polar surface area (TPSA) is 203 Å². The smallest absolute Gasteiger partial charge is 0.405 e. The largest absolute Gasteiger partial charge is 0.450 e. The van der Waals surface area contributed by atoms with Gasteiger partial charge in [0, 0.05) is 24.4 Å². The molecule has 5 rings (SSSR count). The van der Waals surface area contributed by atoms with E-state index in [0.717, 1.165) is 24.5 Å². The zero-order valence-corrected chi connectivity index (χ0v) is 25.8. The van der Waals surface area contributed by atoms with Crippen LogP contribution in [0.25, 0.3) is 11.3 Å². The molecule has 0 amide bonds. The van der Waals surface area contributed by atoms with Gasteiger partial charge < -0.3 is 20.3 Å². The van der Waals surface area contributed by atoms with Gasteiger partial charge in [-0.25, -0.2) is 18.8 Å². The van der Waals surface area contributed by atoms with Crippen molar-refractivity contribution in [3.63, 3.8) is 0 Å². The maximum Gasteiger partial charge on any atom is 0.405 e. The summed E-state index contributed by atoms with van der Waals surface area (Å²) < 4.78 is 78.7. The first-order valence-electron chi connectivity index (χ1n) is 14.2. The SMILES string of the molecule is CCNP(=O)(OCc1ccc([N+](=O)[O-])c(Oc2ccc(-c3ccc(F)cn3)cc2)c1)OCC1OC(n2ccc(N)nc2=O)C(F)(F)C1O. The minimum atomic E-state index is -4.25. The Morgan fingerprint density at radius 1 is 1.17 bits per heavy atom. The molecule has 0 radical (unpaired) electrons. The van der Waals surface area contributed by atoms with Crippen molar-refractivity contribution in [1.29, 1.82) is 0 Å². The third kappa shape index (κ3) is 7.70. The number of anilines is 1. The summed E-state index contributed by atoms with van der Waals surface area (Å²) in [6.45, 7) is 0.342. The van der Waals surface area contributed by atoms with E-state index in [1.807, 2.05) is 0 Å². The number of hydrogen-bond acceptors (Lipinski definition) is 12. The number of rotatable bonds is 13. The van der Waals surface area contributed by atoms with Crippen molar-refractivity contribution < 1.29 is 46.3 Å². The molecule has 1 saturated heterocycles. The number of ether oxygens (including phenoxy) is 2. The minimum absolute atomic E-state index is 0.0503. The van der Waals surface area contributed by atoms with Gasteiger partial charge in [0.15, 0.2) is 6.10 Å². The van der Waals surface area contributed by atoms with E-state index in [0.29, 0.717) is 15.8 Å². The number of halogens is 3. The van der Waals surface area contributed by atoms with Crippen molar-refractivity contribution in [3.8, 4) is 22.8 Å². The molecule has 19 heteroatoms. The lowest BCUT2D eigenvalue weighted by atomic mass is 10.1. The second kappa shape index (κ2) is 14.2. The van der Waals surface area contributed by atoms with E-state index in [-0.39, 0.29) is 35.1 Å². The molecular formula is C29H28F3N6O9P. The molecule has 4 aromatic rings. The molecule has 4 unspecified atom stereocenters. The summed E-state index contributed by atoms with van der Waals surface area (Å²) in [6.07, 6.45) is -4.45. The zero-order valence-electron chi connectivity index (χ0n) is 24.9. The van der Waals surface area contributed by atoms with Crippen LogP contribution in [0.3, 0.4) is 0 Å². The van der Waals surface area contributed by atoms with Crippen LogP contribution in [0.15, 0.2) is 77.9 Å². The summed E-state index contributed by atoms with van der Waals surface area (Å²) in [5, 5.41) is 24.5. The van der Waals surface area contributed by atoms with Crippen LogP contribution in [0.2, 0.25) is 0 Å². The van der Waals surface area contributed by atoms with E-state index in [2.05, 4.69) is 15.1 Å². The molecule has 2 aromatic heterocycles. The molecule has 15 nitrogen and oxygen atoms in total. The lowest BCUT2D eigenvalue weighted by Crippen LogP contribution is -2.42. The van der Waals surface area contributed by atoms with Crippen LogP contribution in [0.1, 0.15) is 18.7 Å². The summed E-state index contributed by atoms with van der Waals surface area (Å²) in [4.78, 5) is 30.5. The Hall–Kier alpha value is -4.71. The van der Waals surface area contributed by atoms with Gasteiger partial charge in [-0.2, -0.15) is 13.8 Å². The highest BCUT2D eigenvalue weighted by molar-refractivity contribution is 7.51. The standard InChI is InChI=1S/C29H28F3N6O9P/c1-2-35-48(43,45-16-24-26(39)29(31,32)27(47-24)37-12-11-25(33)36-28(37)40)44-15-17-3-10-22(38(41)42)23(13-17)46-20-7-4-18(5-8-20)21-9-6-19(30)14-34-21/h3-14,24,26-27,39H,2,15-16H2,1H3,(H,35,43)(H2,33,36,40). The predicted molar refractivity (Wildman–Crippen MR) is 163 cm³/mol. The van der Waals surface area contributed by atoms with Crippen molar-refractivity contribution in [2.75, 3.05) is 18.9 Å². The molecule has 254 valence electrons. The molecule has 4 N–H and O–H groups in total. The Labute approximate surface area is 269 Å². The molecule has 0 saturated carbocycles. The molecule has 1 aliphatic heterocycles. The summed E-state index contributed by atoms with van der Waals surface area (Å²) >= 11 is 0. The van der Waals surface area contributed by atoms with E-state index < -0.39 is 61.7 Å². The van der Waals surface area contributed by atoms with Crippen molar-refractivity contribution in [1.82, 2.24) is 19.6 Å². The third-order valence-electron chi connectivity index (χ3n) is 6.97. The fourth-order valence-corrected chi connectivity index (χ4v) is 5.92. The molecule has 1 fully saturated rings. The van der Waals surface area contributed by atoms with Crippen LogP contribution in [0, 0.1) is 15.9 Å². The number of nitrogens with zero attached hydrogens (tertiary/aromatic N) is 4. The maximum atomic E-state index is 14.9. The minimum Gasteiger partial charge on any atom is -0.450 e. The van der Waals surface area contributed by atoms with Gasteiger partial charge >= 0.3 is 25.0 Å². The fraction of sp³-hybridized carbons (Fsp3) is 0.276. The molecular weight excluding hydrogens is 664 g/mol. The number of nitro benzene ring substituents is 1. The number of aliphatic hydroxyl groups is 1. The van der Waals surface area contributed by atoms with Gasteiger partial charge in [-0.3, -0.25) is 28.7 Å². The molecule has 1 aliphatic rings. The van der Waals surface area contributed by atoms with Crippen LogP contribution in [-0.2, 0) is 25.0 Å². The zero-order chi connectivity index (χ0) is 34.6. The Morgan fingerprint density at radius 3 is 2.56 bits per heavy atom. The van der Waals surface area contributed by atoms with Crippen molar-refractivity contribution in [2.24, 2.45) is 0 Å². The number of nitro groups is 1. The Kier molecular flexibility index (Phi) is 10.2. The molecule has 0 spiro atoms. The molecule has 0 aliphatic carbocycles. The van der Waals surface area contributed by atoms with E-state index in [4.69, 9.17) is 24.3 Å². The normalized spacial score (nSPS) is 19.9. The first-order valence-corrected chi connectivity index (χ1v) is 15.7. The number of nitrogen functional groups attached to an aromatic ring is 1. The third-order valence-corrected chi connectivity index (χ3v) is 8.63. The van der Waals surface area contributed by atoms with Crippen LogP contribution in [-0.4, -0.2) is 55.8 Å². The highest BCUT2D eigenvalue weighted by atomic mass is 31.2. The first kappa shape index (κ1) is 34.6. The van der Waals surface area contributed by atoms with Crippen LogP contribution >= 0.6 is 7.75 Å². The number of aromatic nitrogens is 3. The Balaban J connectivity index is 1.27. The van der Waals surface area contributed by atoms with E-state index in [1.165, 1.54) is 36.4 Å². The molecule has 3 heterocycles. The quantitative estimate of drug-likeness (QED) is 0.1000. The molecule has 48 heavy (non-hydrogen) atoms. The number of alkyl halides is 2. The predicted octanol–water partition coefficient (Wildman–Crippen LogP) is 4.57. The average Bonchev–Trinajstić information content (AvgIpc) is 3.27. The maximum absolute atomic E-state index is 14.9. The van der Waals surface area contributed by atoms with Crippen molar-refractivity contribution in [3.05, 3.63) is 105 Å². The van der Waals surface area contributed by atoms with E-state index >= 15 is 0 Å². The molecule has 2 aromatic carbocycles. The van der Waals surface area contributed by atoms with Crippen LogP contribution < -0.4 is 21.2 Å². The Bertz CT molecular complexity index is 1880. The van der Waals surface area contributed by atoms with Gasteiger partial charge in [0.25, 0.3) is 0 Å². The van der Waals surface area contributed by atoms with Crippen molar-refractivity contribution >= 4 is 19.3 Å². The fourth-order valence-electron chi connectivity index (χ4n) is 4.61. The number of nitrogens with one attached hydrogen (secondary N) is 1. The summed E-state index contributed by atoms with van der Waals surface area (Å²) in [7, 11) is -4.25. The van der Waals surface area contributed by atoms with Gasteiger partial charge in [-0.05, 0) is 60.2 Å². The summed E-state index contributed by atoms with van der Waals surface area (Å²) in [5.41, 5.74) is 5.30. The summed E-state index contributed by atoms with van der Waals surface area (Å²) in [6, 6.07) is 14.0. The molecule has 4 atom stereocenters. The van der Waals surface area contributed by atoms with Gasteiger partial charge in [0.1, 0.15) is 23.5 Å². The van der Waals surface area contributed by atoms with Gasteiger partial charge in [-0.1, -0.05) is 6.92 Å². The second-order valence-electron chi connectivity index (χ2n) is 10.3. The number of hydrogen-bond donors (Lipinski definition) is 3.